The van der Waals surface area contributed by atoms with Gasteiger partial charge in [-0.25, -0.2) is 0 Å². The topological polar surface area (TPSA) is 57.5 Å². The van der Waals surface area contributed by atoms with Gasteiger partial charge >= 0.3 is 0 Å². The van der Waals surface area contributed by atoms with Crippen LogP contribution in [0.25, 0.3) is 6.08 Å². The number of carbonyl (C=O) groups is 1. The molecule has 3 nitrogen and oxygen atoms in total. The van der Waals surface area contributed by atoms with Crippen LogP contribution in [0.2, 0.25) is 15.1 Å². The van der Waals surface area contributed by atoms with E-state index in [4.69, 9.17) is 34.8 Å². The minimum atomic E-state index is -0.402. The fourth-order valence-electron chi connectivity index (χ4n) is 1.65. The summed E-state index contributed by atoms with van der Waals surface area (Å²) in [6.07, 6.45) is 2.75. The smallest absolute Gasteiger partial charge is 0.187 e. The molecule has 0 heterocycles. The number of ketones is 1. The number of allylic oxidation sites excluding steroid dienone is 1. The number of rotatable bonds is 3. The van der Waals surface area contributed by atoms with Gasteiger partial charge in [0.25, 0.3) is 0 Å². The third-order valence-electron chi connectivity index (χ3n) is 2.69. The quantitative estimate of drug-likeness (QED) is 0.471. The summed E-state index contributed by atoms with van der Waals surface area (Å²) in [5, 5.41) is 19.5. The third-order valence-corrected chi connectivity index (χ3v) is 3.53. The molecule has 0 saturated carbocycles. The van der Waals surface area contributed by atoms with Crippen LogP contribution in [0.4, 0.5) is 0 Å². The van der Waals surface area contributed by atoms with Crippen molar-refractivity contribution in [2.75, 3.05) is 0 Å². The van der Waals surface area contributed by atoms with E-state index in [0.717, 1.165) is 0 Å². The number of carbonyl (C=O) groups excluding carboxylic acids is 1. The van der Waals surface area contributed by atoms with Gasteiger partial charge in [0.05, 0.1) is 10.0 Å². The van der Waals surface area contributed by atoms with Crippen molar-refractivity contribution in [1.82, 2.24) is 0 Å². The molecule has 21 heavy (non-hydrogen) atoms. The monoisotopic (exact) mass is 342 g/mol. The van der Waals surface area contributed by atoms with Crippen molar-refractivity contribution in [1.29, 1.82) is 0 Å². The van der Waals surface area contributed by atoms with E-state index in [1.165, 1.54) is 36.4 Å². The van der Waals surface area contributed by atoms with Gasteiger partial charge in [-0.05, 0) is 42.0 Å². The summed E-state index contributed by atoms with van der Waals surface area (Å²) in [6.45, 7) is 0. The van der Waals surface area contributed by atoms with Gasteiger partial charge in [-0.3, -0.25) is 4.79 Å². The maximum atomic E-state index is 12.0. The van der Waals surface area contributed by atoms with Crippen LogP contribution in [0.15, 0.2) is 36.4 Å². The van der Waals surface area contributed by atoms with Crippen LogP contribution in [0.1, 0.15) is 15.9 Å². The summed E-state index contributed by atoms with van der Waals surface area (Å²) >= 11 is 17.4. The minimum Gasteiger partial charge on any atom is -0.504 e. The van der Waals surface area contributed by atoms with E-state index in [0.29, 0.717) is 16.1 Å². The molecule has 2 aromatic carbocycles. The lowest BCUT2D eigenvalue weighted by Gasteiger charge is -2.02. The number of halogens is 3. The minimum absolute atomic E-state index is 0.00776. The molecule has 0 bridgehead atoms. The first-order valence-electron chi connectivity index (χ1n) is 5.77. The van der Waals surface area contributed by atoms with Crippen LogP contribution in [0.5, 0.6) is 11.5 Å². The highest BCUT2D eigenvalue weighted by Gasteiger charge is 2.09. The molecule has 0 radical (unpaired) electrons. The molecule has 0 fully saturated rings. The molecule has 108 valence electrons. The van der Waals surface area contributed by atoms with E-state index < -0.39 is 5.75 Å². The highest BCUT2D eigenvalue weighted by Crippen LogP contribution is 2.34. The van der Waals surface area contributed by atoms with E-state index in [-0.39, 0.29) is 21.6 Å². The zero-order valence-corrected chi connectivity index (χ0v) is 12.7. The summed E-state index contributed by atoms with van der Waals surface area (Å²) in [5.74, 6) is -1.08. The molecule has 2 rings (SSSR count). The van der Waals surface area contributed by atoms with Crippen molar-refractivity contribution >= 4 is 46.7 Å². The van der Waals surface area contributed by atoms with Crippen molar-refractivity contribution in [3.8, 4) is 11.5 Å². The van der Waals surface area contributed by atoms with Gasteiger partial charge in [0.2, 0.25) is 0 Å². The van der Waals surface area contributed by atoms with E-state index in [9.17, 15) is 15.0 Å². The summed E-state index contributed by atoms with van der Waals surface area (Å²) in [4.78, 5) is 12.0. The molecule has 0 amide bonds. The maximum absolute atomic E-state index is 12.0. The first kappa shape index (κ1) is 15.7. The molecule has 0 spiro atoms. The van der Waals surface area contributed by atoms with E-state index in [1.807, 2.05) is 0 Å². The first-order chi connectivity index (χ1) is 9.88. The van der Waals surface area contributed by atoms with Crippen molar-refractivity contribution in [2.24, 2.45) is 0 Å². The molecule has 0 atom stereocenters. The summed E-state index contributed by atoms with van der Waals surface area (Å²) in [6, 6.07) is 7.28. The van der Waals surface area contributed by atoms with Gasteiger partial charge < -0.3 is 10.2 Å². The molecule has 0 aliphatic rings. The van der Waals surface area contributed by atoms with Crippen LogP contribution >= 0.6 is 34.8 Å². The SMILES string of the molecule is O=C(/C=C/c1cc(O)c(O)c(Cl)c1)c1ccc(Cl)cc1Cl. The van der Waals surface area contributed by atoms with E-state index in [2.05, 4.69) is 0 Å². The van der Waals surface area contributed by atoms with Crippen LogP contribution in [-0.4, -0.2) is 16.0 Å². The number of hydrogen-bond acceptors (Lipinski definition) is 3. The zero-order valence-electron chi connectivity index (χ0n) is 10.5. The molecular formula is C15H9Cl3O3. The van der Waals surface area contributed by atoms with Gasteiger partial charge in [-0.1, -0.05) is 40.9 Å². The van der Waals surface area contributed by atoms with Gasteiger partial charge in [0.1, 0.15) is 0 Å². The molecule has 0 unspecified atom stereocenters. The number of hydrogen-bond donors (Lipinski definition) is 2. The van der Waals surface area contributed by atoms with E-state index in [1.54, 1.807) is 6.07 Å². The second-order valence-corrected chi connectivity index (χ2v) is 5.44. The maximum Gasteiger partial charge on any atom is 0.187 e. The third kappa shape index (κ3) is 3.70. The normalized spacial score (nSPS) is 11.0. The Balaban J connectivity index is 2.27. The molecule has 2 N–H and O–H groups in total. The van der Waals surface area contributed by atoms with Gasteiger partial charge in [-0.15, -0.1) is 0 Å². The van der Waals surface area contributed by atoms with Gasteiger partial charge in [0.15, 0.2) is 17.3 Å². The Bertz CT molecular complexity index is 716. The number of benzene rings is 2. The Labute approximate surface area is 136 Å². The fraction of sp³-hybridized carbons (Fsp3) is 0. The summed E-state index contributed by atoms with van der Waals surface area (Å²) < 4.78 is 0. The second-order valence-electron chi connectivity index (χ2n) is 4.19. The second kappa shape index (κ2) is 6.39. The Hall–Kier alpha value is -1.68. The van der Waals surface area contributed by atoms with E-state index >= 15 is 0 Å². The Morgan fingerprint density at radius 2 is 1.71 bits per heavy atom. The zero-order chi connectivity index (χ0) is 15.6. The molecular weight excluding hydrogens is 335 g/mol. The van der Waals surface area contributed by atoms with Crippen LogP contribution in [-0.2, 0) is 0 Å². The fourth-order valence-corrected chi connectivity index (χ4v) is 2.38. The average molecular weight is 344 g/mol. The lowest BCUT2D eigenvalue weighted by molar-refractivity contribution is 0.104. The number of phenols is 2. The lowest BCUT2D eigenvalue weighted by Crippen LogP contribution is -1.95. The Kier molecular flexibility index (Phi) is 4.78. The molecule has 0 aromatic heterocycles. The molecule has 0 saturated heterocycles. The average Bonchev–Trinajstić information content (AvgIpc) is 2.42. The highest BCUT2D eigenvalue weighted by atomic mass is 35.5. The van der Waals surface area contributed by atoms with Crippen LogP contribution < -0.4 is 0 Å². The summed E-state index contributed by atoms with van der Waals surface area (Å²) in [5.41, 5.74) is 0.778. The van der Waals surface area contributed by atoms with Gasteiger partial charge in [-0.2, -0.15) is 0 Å². The predicted molar refractivity (Wildman–Crippen MR) is 84.6 cm³/mol. The molecule has 0 aliphatic heterocycles. The lowest BCUT2D eigenvalue weighted by atomic mass is 10.1. The van der Waals surface area contributed by atoms with Crippen molar-refractivity contribution < 1.29 is 15.0 Å². The van der Waals surface area contributed by atoms with Crippen LogP contribution in [0, 0.1) is 0 Å². The number of aromatic hydroxyl groups is 2. The van der Waals surface area contributed by atoms with Crippen LogP contribution in [0.3, 0.4) is 0 Å². The molecule has 6 heteroatoms. The number of phenolic OH excluding ortho intramolecular Hbond substituents is 2. The standard InChI is InChI=1S/C15H9Cl3O3/c16-9-2-3-10(11(17)7-9)13(19)4-1-8-5-12(18)15(21)14(20)6-8/h1-7,20-21H/b4-1+. The Morgan fingerprint density at radius 3 is 2.33 bits per heavy atom. The van der Waals surface area contributed by atoms with Gasteiger partial charge in [0, 0.05) is 10.6 Å². The largest absolute Gasteiger partial charge is 0.504 e. The first-order valence-corrected chi connectivity index (χ1v) is 6.91. The molecule has 2 aromatic rings. The van der Waals surface area contributed by atoms with Crippen molar-refractivity contribution in [2.45, 2.75) is 0 Å². The highest BCUT2D eigenvalue weighted by molar-refractivity contribution is 6.37. The Morgan fingerprint density at radius 1 is 1.00 bits per heavy atom. The summed E-state index contributed by atoms with van der Waals surface area (Å²) in [7, 11) is 0. The predicted octanol–water partition coefficient (Wildman–Crippen LogP) is 4.95. The van der Waals surface area contributed by atoms with Crippen molar-refractivity contribution in [3.05, 3.63) is 62.6 Å². The molecule has 0 aliphatic carbocycles. The van der Waals surface area contributed by atoms with Crippen molar-refractivity contribution in [3.63, 3.8) is 0 Å².